The Morgan fingerprint density at radius 2 is 1.84 bits per heavy atom. The van der Waals surface area contributed by atoms with Crippen molar-refractivity contribution in [1.82, 2.24) is 4.98 Å². The van der Waals surface area contributed by atoms with Crippen molar-refractivity contribution in [3.8, 4) is 16.9 Å². The van der Waals surface area contributed by atoms with Gasteiger partial charge in [0.1, 0.15) is 6.61 Å². The Morgan fingerprint density at radius 1 is 1.12 bits per heavy atom. The molecule has 1 aromatic heterocycles. The normalized spacial score (nSPS) is 16.9. The van der Waals surface area contributed by atoms with E-state index in [0.29, 0.717) is 16.7 Å². The van der Waals surface area contributed by atoms with E-state index in [1.807, 2.05) is 0 Å². The van der Waals surface area contributed by atoms with E-state index in [9.17, 15) is 13.2 Å². The molecule has 3 aromatic rings. The van der Waals surface area contributed by atoms with Gasteiger partial charge >= 0.3 is 0 Å². The molecule has 0 radical (unpaired) electrons. The van der Waals surface area contributed by atoms with E-state index >= 15 is 0 Å². The van der Waals surface area contributed by atoms with E-state index in [0.717, 1.165) is 6.07 Å². The largest absolute Gasteiger partial charge is 0.494 e. The molecule has 0 spiro atoms. The molecule has 0 amide bonds. The topological polar surface area (TPSA) is 107 Å². The lowest BCUT2D eigenvalue weighted by Crippen LogP contribution is -2.27. The van der Waals surface area contributed by atoms with Crippen molar-refractivity contribution in [3.63, 3.8) is 0 Å². The third-order valence-corrected chi connectivity index (χ3v) is 4.83. The maximum atomic E-state index is 14.4. The lowest BCUT2D eigenvalue weighted by Gasteiger charge is -2.26. The van der Waals surface area contributed by atoms with Crippen molar-refractivity contribution in [3.05, 3.63) is 83.4 Å². The summed E-state index contributed by atoms with van der Waals surface area (Å²) in [6.07, 6.45) is 0. The summed E-state index contributed by atoms with van der Waals surface area (Å²) in [5.41, 5.74) is 6.32. The van der Waals surface area contributed by atoms with Crippen molar-refractivity contribution in [2.45, 2.75) is 5.54 Å². The van der Waals surface area contributed by atoms with Gasteiger partial charge < -0.3 is 20.3 Å². The molecule has 0 saturated carbocycles. The summed E-state index contributed by atoms with van der Waals surface area (Å²) in [5.74, 6) is -2.31. The molecule has 1 atom stereocenters. The Kier molecular flexibility index (Phi) is 6.62. The van der Waals surface area contributed by atoms with E-state index in [1.54, 1.807) is 30.3 Å². The van der Waals surface area contributed by atoms with Crippen LogP contribution in [0.25, 0.3) is 11.1 Å². The molecule has 1 aliphatic rings. The first kappa shape index (κ1) is 22.6. The summed E-state index contributed by atoms with van der Waals surface area (Å²) < 4.78 is 52.1. The molecule has 3 N–H and O–H groups in total. The number of nitrogens with zero attached hydrogens (tertiary/aromatic N) is 2. The molecule has 0 bridgehead atoms. The fourth-order valence-corrected chi connectivity index (χ4v) is 3.39. The van der Waals surface area contributed by atoms with Gasteiger partial charge in [-0.15, -0.1) is 0 Å². The minimum atomic E-state index is -1.13. The fourth-order valence-electron chi connectivity index (χ4n) is 3.39. The van der Waals surface area contributed by atoms with Crippen LogP contribution in [0.4, 0.5) is 13.2 Å². The molecule has 4 rings (SSSR count). The highest BCUT2D eigenvalue weighted by Crippen LogP contribution is 2.40. The van der Waals surface area contributed by atoms with Crippen LogP contribution in [0.15, 0.2) is 59.6 Å². The van der Waals surface area contributed by atoms with Crippen LogP contribution in [0.1, 0.15) is 11.1 Å². The second-order valence-corrected chi connectivity index (χ2v) is 6.61. The molecule has 0 aliphatic carbocycles. The van der Waals surface area contributed by atoms with Gasteiger partial charge in [-0.3, -0.25) is 4.79 Å². The summed E-state index contributed by atoms with van der Waals surface area (Å²) in [5, 5.41) is 6.89. The predicted molar refractivity (Wildman–Crippen MR) is 110 cm³/mol. The van der Waals surface area contributed by atoms with Gasteiger partial charge in [-0.05, 0) is 47.0 Å². The molecule has 2 heterocycles. The minimum absolute atomic E-state index is 0.0399. The number of aromatic nitrogens is 1. The molecule has 32 heavy (non-hydrogen) atoms. The zero-order chi connectivity index (χ0) is 23.3. The van der Waals surface area contributed by atoms with Crippen molar-refractivity contribution >= 4 is 12.5 Å². The number of halogens is 3. The number of hydrogen-bond acceptors (Lipinski definition) is 6. The molecule has 166 valence electrons. The summed E-state index contributed by atoms with van der Waals surface area (Å²) in [6, 6.07) is 13.6. The zero-order valence-electron chi connectivity index (χ0n) is 16.8. The Hall–Kier alpha value is -4.08. The number of aliphatic imine (C=N–C) groups is 1. The zero-order valence-corrected chi connectivity index (χ0v) is 16.8. The highest BCUT2D eigenvalue weighted by atomic mass is 19.1. The third kappa shape index (κ3) is 4.34. The lowest BCUT2D eigenvalue weighted by atomic mass is 9.83. The molecule has 7 nitrogen and oxygen atoms in total. The van der Waals surface area contributed by atoms with Gasteiger partial charge in [-0.1, -0.05) is 24.3 Å². The first-order valence-corrected chi connectivity index (χ1v) is 9.17. The van der Waals surface area contributed by atoms with Crippen LogP contribution in [0.5, 0.6) is 5.75 Å². The van der Waals surface area contributed by atoms with E-state index in [1.165, 1.54) is 25.3 Å². The standard InChI is InChI=1S/C21H16F3N3O2.CH2O2/c1-28-17-7-5-14(10-16(17)22)21(11-29-20(25)27-21)13-4-2-3-12(9-13)15-6-8-18(23)26-19(15)24;2-1-3/h2-10H,11H2,1H3,(H2,25,27);1H,(H,2,3). The van der Waals surface area contributed by atoms with Crippen molar-refractivity contribution in [2.24, 2.45) is 10.7 Å². The summed E-state index contributed by atoms with van der Waals surface area (Å²) in [4.78, 5) is 16.0. The second kappa shape index (κ2) is 9.38. The number of pyridine rings is 1. The SMILES string of the molecule is COc1ccc(C2(c3cccc(-c4ccc(F)nc4F)c3)COC(N)=N2)cc1F.O=CO. The smallest absolute Gasteiger partial charge is 0.290 e. The van der Waals surface area contributed by atoms with Crippen molar-refractivity contribution in [1.29, 1.82) is 0 Å². The van der Waals surface area contributed by atoms with Crippen molar-refractivity contribution in [2.75, 3.05) is 13.7 Å². The predicted octanol–water partition coefficient (Wildman–Crippen LogP) is 3.46. The fraction of sp³-hybridized carbons (Fsp3) is 0.136. The number of carbonyl (C=O) groups is 1. The van der Waals surface area contributed by atoms with Crippen LogP contribution >= 0.6 is 0 Å². The number of nitrogens with two attached hydrogens (primary N) is 1. The molecule has 10 heteroatoms. The summed E-state index contributed by atoms with van der Waals surface area (Å²) >= 11 is 0. The first-order chi connectivity index (χ1) is 15.3. The van der Waals surface area contributed by atoms with Gasteiger partial charge in [0.25, 0.3) is 12.5 Å². The van der Waals surface area contributed by atoms with Crippen LogP contribution in [0, 0.1) is 17.7 Å². The number of carboxylic acid groups (broad SMARTS) is 1. The lowest BCUT2D eigenvalue weighted by molar-refractivity contribution is -0.122. The minimum Gasteiger partial charge on any atom is -0.494 e. The van der Waals surface area contributed by atoms with Gasteiger partial charge in [0.2, 0.25) is 11.9 Å². The average Bonchev–Trinajstić information content (AvgIpc) is 3.17. The van der Waals surface area contributed by atoms with Gasteiger partial charge in [0.15, 0.2) is 17.1 Å². The van der Waals surface area contributed by atoms with Gasteiger partial charge in [0, 0.05) is 5.56 Å². The quantitative estimate of drug-likeness (QED) is 0.471. The maximum Gasteiger partial charge on any atom is 0.290 e. The summed E-state index contributed by atoms with van der Waals surface area (Å²) in [6.45, 7) is -0.210. The molecular formula is C22H18F3N3O4. The Morgan fingerprint density at radius 3 is 2.44 bits per heavy atom. The molecular weight excluding hydrogens is 427 g/mol. The monoisotopic (exact) mass is 445 g/mol. The number of amidine groups is 1. The number of methoxy groups -OCH3 is 1. The number of rotatable bonds is 4. The molecule has 1 aliphatic heterocycles. The van der Waals surface area contributed by atoms with Crippen LogP contribution in [0.3, 0.4) is 0 Å². The first-order valence-electron chi connectivity index (χ1n) is 9.17. The van der Waals surface area contributed by atoms with E-state index in [4.69, 9.17) is 25.1 Å². The highest BCUT2D eigenvalue weighted by Gasteiger charge is 2.40. The van der Waals surface area contributed by atoms with Gasteiger partial charge in [0.05, 0.1) is 7.11 Å². The van der Waals surface area contributed by atoms with Crippen LogP contribution in [-0.2, 0) is 15.1 Å². The van der Waals surface area contributed by atoms with Gasteiger partial charge in [-0.2, -0.15) is 13.8 Å². The third-order valence-electron chi connectivity index (χ3n) is 4.83. The molecule has 2 aromatic carbocycles. The molecule has 1 unspecified atom stereocenters. The second-order valence-electron chi connectivity index (χ2n) is 6.61. The molecule has 0 fully saturated rings. The summed E-state index contributed by atoms with van der Waals surface area (Å²) in [7, 11) is 1.37. The van der Waals surface area contributed by atoms with Crippen LogP contribution in [0.2, 0.25) is 0 Å². The number of hydrogen-bond donors (Lipinski definition) is 2. The number of benzene rings is 2. The van der Waals surface area contributed by atoms with Crippen molar-refractivity contribution < 1.29 is 32.5 Å². The Bertz CT molecular complexity index is 1170. The maximum absolute atomic E-state index is 14.4. The average molecular weight is 445 g/mol. The Labute approximate surface area is 181 Å². The highest BCUT2D eigenvalue weighted by molar-refractivity contribution is 5.76. The van der Waals surface area contributed by atoms with E-state index in [2.05, 4.69) is 9.98 Å². The van der Waals surface area contributed by atoms with Gasteiger partial charge in [-0.25, -0.2) is 9.38 Å². The van der Waals surface area contributed by atoms with E-state index in [-0.39, 0.29) is 30.4 Å². The van der Waals surface area contributed by atoms with Crippen LogP contribution in [-0.4, -0.2) is 36.3 Å². The molecule has 0 saturated heterocycles. The van der Waals surface area contributed by atoms with E-state index < -0.39 is 23.3 Å². The number of ether oxygens (including phenoxy) is 2. The van der Waals surface area contributed by atoms with Crippen LogP contribution < -0.4 is 10.5 Å². The Balaban J connectivity index is 0.000000913.